The highest BCUT2D eigenvalue weighted by Gasteiger charge is 2.49. The summed E-state index contributed by atoms with van der Waals surface area (Å²) in [6.07, 6.45) is 2.75. The first-order chi connectivity index (χ1) is 9.11. The van der Waals surface area contributed by atoms with Crippen molar-refractivity contribution in [1.82, 2.24) is 5.32 Å². The van der Waals surface area contributed by atoms with E-state index in [4.69, 9.17) is 0 Å². The van der Waals surface area contributed by atoms with Gasteiger partial charge in [-0.25, -0.2) is 0 Å². The van der Waals surface area contributed by atoms with Crippen LogP contribution in [0, 0.1) is 5.41 Å². The summed E-state index contributed by atoms with van der Waals surface area (Å²) >= 11 is 0. The molecule has 0 aromatic heterocycles. The molecular formula is C16H23NO2. The molecule has 0 radical (unpaired) electrons. The molecule has 3 nitrogen and oxygen atoms in total. The molecule has 1 aromatic carbocycles. The predicted octanol–water partition coefficient (Wildman–Crippen LogP) is 2.59. The summed E-state index contributed by atoms with van der Waals surface area (Å²) in [4.78, 5) is 11.9. The number of aliphatic hydroxyl groups is 1. The van der Waals surface area contributed by atoms with E-state index < -0.39 is 5.41 Å². The molecule has 1 aromatic rings. The van der Waals surface area contributed by atoms with Crippen LogP contribution in [-0.2, 0) is 11.3 Å². The van der Waals surface area contributed by atoms with Crippen molar-refractivity contribution in [3.8, 4) is 0 Å². The van der Waals surface area contributed by atoms with E-state index in [0.29, 0.717) is 12.5 Å². The van der Waals surface area contributed by atoms with E-state index in [1.165, 1.54) is 5.56 Å². The minimum absolute atomic E-state index is 0.0130. The van der Waals surface area contributed by atoms with Crippen LogP contribution in [0.2, 0.25) is 0 Å². The smallest absolute Gasteiger partial charge is 0.228 e. The van der Waals surface area contributed by atoms with E-state index >= 15 is 0 Å². The van der Waals surface area contributed by atoms with Gasteiger partial charge in [0.25, 0.3) is 0 Å². The SMILES string of the molecule is CCC(C)c1ccc(CNC(=O)C2(CO)CC2)cc1. The molecule has 1 saturated carbocycles. The Morgan fingerprint density at radius 3 is 2.47 bits per heavy atom. The molecule has 1 aliphatic rings. The van der Waals surface area contributed by atoms with Crippen LogP contribution in [0.5, 0.6) is 0 Å². The van der Waals surface area contributed by atoms with Crippen LogP contribution < -0.4 is 5.32 Å². The van der Waals surface area contributed by atoms with Gasteiger partial charge in [0.2, 0.25) is 5.91 Å². The third kappa shape index (κ3) is 3.16. The summed E-state index contributed by atoms with van der Waals surface area (Å²) < 4.78 is 0. The lowest BCUT2D eigenvalue weighted by Gasteiger charge is -2.13. The fourth-order valence-corrected chi connectivity index (χ4v) is 2.18. The Morgan fingerprint density at radius 2 is 2.00 bits per heavy atom. The van der Waals surface area contributed by atoms with Crippen molar-refractivity contribution in [3.63, 3.8) is 0 Å². The summed E-state index contributed by atoms with van der Waals surface area (Å²) in [7, 11) is 0. The van der Waals surface area contributed by atoms with Gasteiger partial charge in [-0.2, -0.15) is 0 Å². The first-order valence-electron chi connectivity index (χ1n) is 7.09. The Hall–Kier alpha value is -1.35. The Kier molecular flexibility index (Phi) is 4.25. The van der Waals surface area contributed by atoms with Crippen molar-refractivity contribution in [2.75, 3.05) is 6.61 Å². The normalized spacial score (nSPS) is 17.8. The number of benzene rings is 1. The van der Waals surface area contributed by atoms with Crippen LogP contribution in [0.15, 0.2) is 24.3 Å². The second-order valence-electron chi connectivity index (χ2n) is 5.67. The maximum atomic E-state index is 11.9. The standard InChI is InChI=1S/C16H23NO2/c1-3-12(2)14-6-4-13(5-7-14)10-17-15(19)16(11-18)8-9-16/h4-7,12,18H,3,8-11H2,1-2H3,(H,17,19). The predicted molar refractivity (Wildman–Crippen MR) is 75.7 cm³/mol. The second-order valence-corrected chi connectivity index (χ2v) is 5.67. The lowest BCUT2D eigenvalue weighted by molar-refractivity contribution is -0.127. The molecule has 0 heterocycles. The van der Waals surface area contributed by atoms with Gasteiger partial charge >= 0.3 is 0 Å². The van der Waals surface area contributed by atoms with E-state index in [1.54, 1.807) is 0 Å². The number of rotatable bonds is 6. The molecule has 0 aliphatic heterocycles. The number of nitrogens with one attached hydrogen (secondary N) is 1. The Morgan fingerprint density at radius 1 is 1.37 bits per heavy atom. The molecule has 104 valence electrons. The van der Waals surface area contributed by atoms with Gasteiger partial charge in [-0.15, -0.1) is 0 Å². The minimum Gasteiger partial charge on any atom is -0.395 e. The molecule has 3 heteroatoms. The number of hydrogen-bond acceptors (Lipinski definition) is 2. The van der Waals surface area contributed by atoms with Crippen molar-refractivity contribution in [2.45, 2.75) is 45.6 Å². The number of carbonyl (C=O) groups excluding carboxylic acids is 1. The maximum Gasteiger partial charge on any atom is 0.228 e. The largest absolute Gasteiger partial charge is 0.395 e. The van der Waals surface area contributed by atoms with Gasteiger partial charge < -0.3 is 10.4 Å². The summed E-state index contributed by atoms with van der Waals surface area (Å²) in [6.45, 7) is 4.91. The first kappa shape index (κ1) is 14.1. The van der Waals surface area contributed by atoms with E-state index in [-0.39, 0.29) is 12.5 Å². The number of hydrogen-bond donors (Lipinski definition) is 2. The highest BCUT2D eigenvalue weighted by atomic mass is 16.3. The van der Waals surface area contributed by atoms with E-state index in [1.807, 2.05) is 0 Å². The van der Waals surface area contributed by atoms with Crippen molar-refractivity contribution in [3.05, 3.63) is 35.4 Å². The number of carbonyl (C=O) groups is 1. The lowest BCUT2D eigenvalue weighted by Crippen LogP contribution is -2.33. The average molecular weight is 261 g/mol. The maximum absolute atomic E-state index is 11.9. The van der Waals surface area contributed by atoms with Crippen LogP contribution in [0.1, 0.15) is 50.2 Å². The van der Waals surface area contributed by atoms with Gasteiger partial charge in [-0.3, -0.25) is 4.79 Å². The van der Waals surface area contributed by atoms with Crippen LogP contribution in [-0.4, -0.2) is 17.6 Å². The molecule has 2 rings (SSSR count). The highest BCUT2D eigenvalue weighted by Crippen LogP contribution is 2.45. The van der Waals surface area contributed by atoms with Gasteiger partial charge in [0.1, 0.15) is 0 Å². The molecule has 19 heavy (non-hydrogen) atoms. The molecule has 0 bridgehead atoms. The van der Waals surface area contributed by atoms with Gasteiger partial charge in [-0.05, 0) is 36.3 Å². The summed E-state index contributed by atoms with van der Waals surface area (Å²) in [5, 5.41) is 12.1. The van der Waals surface area contributed by atoms with Crippen LogP contribution in [0.3, 0.4) is 0 Å². The highest BCUT2D eigenvalue weighted by molar-refractivity contribution is 5.85. The van der Waals surface area contributed by atoms with Crippen molar-refractivity contribution in [1.29, 1.82) is 0 Å². The topological polar surface area (TPSA) is 49.3 Å². The fraction of sp³-hybridized carbons (Fsp3) is 0.562. The zero-order valence-corrected chi connectivity index (χ0v) is 11.8. The molecule has 0 spiro atoms. The van der Waals surface area contributed by atoms with Crippen molar-refractivity contribution < 1.29 is 9.90 Å². The third-order valence-corrected chi connectivity index (χ3v) is 4.25. The van der Waals surface area contributed by atoms with E-state index in [2.05, 4.69) is 43.4 Å². The van der Waals surface area contributed by atoms with Crippen LogP contribution in [0.4, 0.5) is 0 Å². The van der Waals surface area contributed by atoms with Gasteiger partial charge in [0.15, 0.2) is 0 Å². The summed E-state index contributed by atoms with van der Waals surface area (Å²) in [5.74, 6) is 0.564. The van der Waals surface area contributed by atoms with Crippen LogP contribution in [0.25, 0.3) is 0 Å². The molecule has 1 aliphatic carbocycles. The van der Waals surface area contributed by atoms with Gasteiger partial charge in [0, 0.05) is 6.54 Å². The molecule has 1 unspecified atom stereocenters. The monoisotopic (exact) mass is 261 g/mol. The number of aliphatic hydroxyl groups excluding tert-OH is 1. The molecule has 1 atom stereocenters. The zero-order valence-electron chi connectivity index (χ0n) is 11.8. The molecule has 0 saturated heterocycles. The molecule has 1 fully saturated rings. The van der Waals surface area contributed by atoms with Gasteiger partial charge in [0.05, 0.1) is 12.0 Å². The Labute approximate surface area is 115 Å². The van der Waals surface area contributed by atoms with Crippen molar-refractivity contribution >= 4 is 5.91 Å². The van der Waals surface area contributed by atoms with Gasteiger partial charge in [-0.1, -0.05) is 38.1 Å². The first-order valence-corrected chi connectivity index (χ1v) is 7.09. The summed E-state index contributed by atoms with van der Waals surface area (Å²) in [6, 6.07) is 8.41. The molecule has 1 amide bonds. The molecular weight excluding hydrogens is 238 g/mol. The third-order valence-electron chi connectivity index (χ3n) is 4.25. The summed E-state index contributed by atoms with van der Waals surface area (Å²) in [5.41, 5.74) is 1.97. The van der Waals surface area contributed by atoms with Crippen molar-refractivity contribution in [2.24, 2.45) is 5.41 Å². The second kappa shape index (κ2) is 5.74. The van der Waals surface area contributed by atoms with E-state index in [0.717, 1.165) is 24.8 Å². The Bertz CT molecular complexity index is 435. The zero-order chi connectivity index (χ0) is 13.9. The molecule has 2 N–H and O–H groups in total. The number of amides is 1. The van der Waals surface area contributed by atoms with Crippen LogP contribution >= 0.6 is 0 Å². The fourth-order valence-electron chi connectivity index (χ4n) is 2.18. The van der Waals surface area contributed by atoms with E-state index in [9.17, 15) is 9.90 Å². The lowest BCUT2D eigenvalue weighted by atomic mass is 9.97. The Balaban J connectivity index is 1.88. The average Bonchev–Trinajstić information content (AvgIpc) is 3.25. The minimum atomic E-state index is -0.476. The quantitative estimate of drug-likeness (QED) is 0.827.